The molecule has 182 valence electrons. The quantitative estimate of drug-likeness (QED) is 0.288. The number of thiol groups is 1. The fraction of sp³-hybridized carbons (Fsp3) is 0.185. The highest BCUT2D eigenvalue weighted by atomic mass is 32.1. The monoisotopic (exact) mass is 505 g/mol. The number of nitrogens with zero attached hydrogens (tertiary/aromatic N) is 1. The molecule has 36 heavy (non-hydrogen) atoms. The van der Waals surface area contributed by atoms with E-state index in [0.29, 0.717) is 30.8 Å². The summed E-state index contributed by atoms with van der Waals surface area (Å²) in [6.07, 6.45) is -2.52. The lowest BCUT2D eigenvalue weighted by Gasteiger charge is -2.17. The van der Waals surface area contributed by atoms with Gasteiger partial charge in [0.15, 0.2) is 11.5 Å². The number of hydrogen-bond acceptors (Lipinski definition) is 6. The Morgan fingerprint density at radius 3 is 2.58 bits per heavy atom. The van der Waals surface area contributed by atoms with Crippen LogP contribution < -0.4 is 19.5 Å². The highest BCUT2D eigenvalue weighted by Crippen LogP contribution is 2.52. The second-order valence-electron chi connectivity index (χ2n) is 8.98. The van der Waals surface area contributed by atoms with Crippen LogP contribution in [0, 0.1) is 0 Å². The summed E-state index contributed by atoms with van der Waals surface area (Å²) in [6.45, 7) is 0.593. The molecule has 2 heterocycles. The molecule has 2 N–H and O–H groups in total. The van der Waals surface area contributed by atoms with Crippen LogP contribution in [-0.4, -0.2) is 17.2 Å². The topological polar surface area (TPSA) is 72.5 Å². The van der Waals surface area contributed by atoms with Gasteiger partial charge in [-0.1, -0.05) is 61.3 Å². The van der Waals surface area contributed by atoms with Crippen molar-refractivity contribution in [1.82, 2.24) is 9.71 Å². The van der Waals surface area contributed by atoms with Gasteiger partial charge in [0.1, 0.15) is 5.82 Å². The van der Waals surface area contributed by atoms with Gasteiger partial charge in [-0.3, -0.25) is 9.52 Å². The summed E-state index contributed by atoms with van der Waals surface area (Å²) in [7, 11) is 0. The summed E-state index contributed by atoms with van der Waals surface area (Å²) in [6, 6.07) is 22.2. The predicted octanol–water partition coefficient (Wildman–Crippen LogP) is 5.83. The number of benzene rings is 3. The fourth-order valence-corrected chi connectivity index (χ4v) is 4.84. The Labute approximate surface area is 211 Å². The Morgan fingerprint density at radius 1 is 0.972 bits per heavy atom. The van der Waals surface area contributed by atoms with E-state index >= 15 is 0 Å². The fourth-order valence-electron chi connectivity index (χ4n) is 4.66. The molecule has 0 radical (unpaired) electrons. The lowest BCUT2D eigenvalue weighted by Crippen LogP contribution is -2.28. The molecule has 9 heteroatoms. The standard InChI is InChI=1S/C27H21F2N3O3S/c28-27(29)34-21-9-8-19(14-22(21)35-27)26(10-11-26)25(33)32-23-13-17-5-1-2-7-20(17)24(31-23)18-6-3-4-16(12-18)15-30-36/h1-9,12-14,30,36H,10-11,15H2,(H,31,32,33). The Hall–Kier alpha value is -3.69. The number of ether oxygens (including phenoxy) is 2. The average Bonchev–Trinajstić information content (AvgIpc) is 3.61. The van der Waals surface area contributed by atoms with E-state index in [2.05, 4.69) is 32.3 Å². The first-order valence-electron chi connectivity index (χ1n) is 11.4. The third kappa shape index (κ3) is 4.04. The number of hydrogen-bond donors (Lipinski definition) is 3. The highest BCUT2D eigenvalue weighted by Gasteiger charge is 2.53. The number of carbonyl (C=O) groups is 1. The van der Waals surface area contributed by atoms with Crippen LogP contribution in [0.5, 0.6) is 11.5 Å². The molecule has 1 saturated carbocycles. The maximum absolute atomic E-state index is 13.5. The number of amides is 1. The van der Waals surface area contributed by atoms with Crippen LogP contribution in [0.15, 0.2) is 72.8 Å². The summed E-state index contributed by atoms with van der Waals surface area (Å²) in [5.74, 6) is 0.0641. The van der Waals surface area contributed by atoms with E-state index in [1.165, 1.54) is 12.1 Å². The molecule has 0 saturated heterocycles. The van der Waals surface area contributed by atoms with E-state index in [1.54, 1.807) is 6.07 Å². The predicted molar refractivity (Wildman–Crippen MR) is 135 cm³/mol. The third-order valence-corrected chi connectivity index (χ3v) is 6.76. The zero-order valence-electron chi connectivity index (χ0n) is 18.9. The maximum Gasteiger partial charge on any atom is 0.586 e. The van der Waals surface area contributed by atoms with Gasteiger partial charge in [0, 0.05) is 17.5 Å². The number of alkyl halides is 2. The number of fused-ring (bicyclic) bond motifs is 2. The Kier molecular flexibility index (Phi) is 5.35. The summed E-state index contributed by atoms with van der Waals surface area (Å²) in [4.78, 5) is 18.3. The largest absolute Gasteiger partial charge is 0.586 e. The Bertz CT molecular complexity index is 1510. The van der Waals surface area contributed by atoms with Crippen molar-refractivity contribution in [2.45, 2.75) is 31.1 Å². The van der Waals surface area contributed by atoms with Crippen LogP contribution >= 0.6 is 12.8 Å². The van der Waals surface area contributed by atoms with Crippen molar-refractivity contribution in [2.24, 2.45) is 0 Å². The number of pyridine rings is 1. The molecule has 1 aliphatic carbocycles. The van der Waals surface area contributed by atoms with Gasteiger partial charge in [-0.2, -0.15) is 0 Å². The molecule has 3 aromatic carbocycles. The smallest absolute Gasteiger partial charge is 0.395 e. The number of halogens is 2. The van der Waals surface area contributed by atoms with E-state index in [-0.39, 0.29) is 17.4 Å². The van der Waals surface area contributed by atoms with Gasteiger partial charge in [-0.15, -0.1) is 8.78 Å². The lowest BCUT2D eigenvalue weighted by atomic mass is 9.94. The van der Waals surface area contributed by atoms with Crippen molar-refractivity contribution >= 4 is 35.3 Å². The van der Waals surface area contributed by atoms with Gasteiger partial charge in [0.2, 0.25) is 5.91 Å². The molecule has 0 bridgehead atoms. The van der Waals surface area contributed by atoms with E-state index in [0.717, 1.165) is 27.6 Å². The molecular formula is C27H21F2N3O3S. The van der Waals surface area contributed by atoms with Crippen LogP contribution in [0.3, 0.4) is 0 Å². The zero-order valence-corrected chi connectivity index (χ0v) is 19.8. The van der Waals surface area contributed by atoms with Gasteiger partial charge < -0.3 is 14.8 Å². The number of nitrogens with one attached hydrogen (secondary N) is 2. The summed E-state index contributed by atoms with van der Waals surface area (Å²) < 4.78 is 38.8. The van der Waals surface area contributed by atoms with Crippen molar-refractivity contribution in [3.05, 3.63) is 83.9 Å². The molecule has 6 rings (SSSR count). The highest BCUT2D eigenvalue weighted by molar-refractivity contribution is 7.78. The lowest BCUT2D eigenvalue weighted by molar-refractivity contribution is -0.286. The summed E-state index contributed by atoms with van der Waals surface area (Å²) in [5.41, 5.74) is 2.49. The average molecular weight is 506 g/mol. The second-order valence-corrected chi connectivity index (χ2v) is 9.29. The summed E-state index contributed by atoms with van der Waals surface area (Å²) >= 11 is 4.09. The molecule has 0 unspecified atom stereocenters. The van der Waals surface area contributed by atoms with Crippen LogP contribution in [0.4, 0.5) is 14.6 Å². The van der Waals surface area contributed by atoms with Crippen LogP contribution in [0.1, 0.15) is 24.0 Å². The zero-order chi connectivity index (χ0) is 24.9. The minimum Gasteiger partial charge on any atom is -0.395 e. The molecule has 6 nitrogen and oxygen atoms in total. The minimum atomic E-state index is -3.70. The number of carbonyl (C=O) groups excluding carboxylic acids is 1. The van der Waals surface area contributed by atoms with Crippen LogP contribution in [0.2, 0.25) is 0 Å². The van der Waals surface area contributed by atoms with E-state index in [4.69, 9.17) is 4.98 Å². The molecule has 0 atom stereocenters. The molecule has 1 amide bonds. The normalized spacial score (nSPS) is 16.6. The molecule has 1 aliphatic heterocycles. The molecule has 1 aromatic heterocycles. The summed E-state index contributed by atoms with van der Waals surface area (Å²) in [5, 5.41) is 4.87. The van der Waals surface area contributed by atoms with E-state index < -0.39 is 11.7 Å². The molecule has 4 aromatic rings. The Morgan fingerprint density at radius 2 is 1.78 bits per heavy atom. The van der Waals surface area contributed by atoms with Gasteiger partial charge in [-0.25, -0.2) is 4.98 Å². The Balaban J connectivity index is 1.34. The number of rotatable bonds is 6. The van der Waals surface area contributed by atoms with Crippen molar-refractivity contribution in [2.75, 3.05) is 5.32 Å². The van der Waals surface area contributed by atoms with Crippen molar-refractivity contribution in [3.63, 3.8) is 0 Å². The SMILES string of the molecule is O=C(Nc1cc2ccccc2c(-c2cccc(CNS)c2)n1)C1(c2ccc3c(c2)OC(F)(F)O3)CC1. The first-order valence-corrected chi connectivity index (χ1v) is 11.9. The minimum absolute atomic E-state index is 0.0452. The van der Waals surface area contributed by atoms with Gasteiger partial charge in [-0.05, 0) is 53.6 Å². The van der Waals surface area contributed by atoms with E-state index in [9.17, 15) is 13.6 Å². The first kappa shape index (κ1) is 22.8. The first-order chi connectivity index (χ1) is 17.4. The van der Waals surface area contributed by atoms with Crippen molar-refractivity contribution < 1.29 is 23.0 Å². The molecule has 2 aliphatic rings. The van der Waals surface area contributed by atoms with Gasteiger partial charge in [0.05, 0.1) is 11.1 Å². The number of anilines is 1. The second kappa shape index (κ2) is 8.46. The molecule has 1 fully saturated rings. The molecular weight excluding hydrogens is 484 g/mol. The van der Waals surface area contributed by atoms with Crippen molar-refractivity contribution in [3.8, 4) is 22.8 Å². The van der Waals surface area contributed by atoms with E-state index in [1.807, 2.05) is 54.6 Å². The number of aromatic nitrogens is 1. The van der Waals surface area contributed by atoms with Crippen molar-refractivity contribution in [1.29, 1.82) is 0 Å². The van der Waals surface area contributed by atoms with Gasteiger partial charge in [0.25, 0.3) is 0 Å². The third-order valence-electron chi connectivity index (χ3n) is 6.60. The molecule has 0 spiro atoms. The maximum atomic E-state index is 13.5. The van der Waals surface area contributed by atoms with Crippen LogP contribution in [0.25, 0.3) is 22.0 Å². The van der Waals surface area contributed by atoms with Gasteiger partial charge >= 0.3 is 6.29 Å². The van der Waals surface area contributed by atoms with Crippen LogP contribution in [-0.2, 0) is 16.8 Å².